The molecule has 3 heteroatoms. The van der Waals surface area contributed by atoms with Gasteiger partial charge in [0.2, 0.25) is 0 Å². The zero-order chi connectivity index (χ0) is 14.4. The molecule has 0 aromatic heterocycles. The summed E-state index contributed by atoms with van der Waals surface area (Å²) in [5.74, 6) is 0.161. The van der Waals surface area contributed by atoms with Crippen molar-refractivity contribution in [3.05, 3.63) is 35.4 Å². The standard InChI is InChI=1S/C17H25NO2/c1-2-5-14-7-9-15(10-8-14)17(20)12-18-11-4-3-6-16(18)13-19/h7-10,16,19H,2-6,11-13H2,1H3. The van der Waals surface area contributed by atoms with Crippen LogP contribution < -0.4 is 0 Å². The van der Waals surface area contributed by atoms with Crippen LogP contribution in [0.5, 0.6) is 0 Å². The van der Waals surface area contributed by atoms with Crippen LogP contribution >= 0.6 is 0 Å². The number of hydrogen-bond acceptors (Lipinski definition) is 3. The molecule has 2 rings (SSSR count). The first kappa shape index (κ1) is 15.2. The molecule has 0 amide bonds. The van der Waals surface area contributed by atoms with Crippen molar-refractivity contribution in [3.63, 3.8) is 0 Å². The van der Waals surface area contributed by atoms with Gasteiger partial charge >= 0.3 is 0 Å². The largest absolute Gasteiger partial charge is 0.395 e. The summed E-state index contributed by atoms with van der Waals surface area (Å²) in [6, 6.07) is 8.13. The highest BCUT2D eigenvalue weighted by atomic mass is 16.3. The zero-order valence-electron chi connectivity index (χ0n) is 12.3. The summed E-state index contributed by atoms with van der Waals surface area (Å²) >= 11 is 0. The minimum Gasteiger partial charge on any atom is -0.395 e. The molecule has 1 N–H and O–H groups in total. The molecule has 0 aliphatic carbocycles. The van der Waals surface area contributed by atoms with E-state index in [1.54, 1.807) is 0 Å². The lowest BCUT2D eigenvalue weighted by atomic mass is 10.0. The highest BCUT2D eigenvalue weighted by molar-refractivity contribution is 5.97. The summed E-state index contributed by atoms with van der Waals surface area (Å²) in [6.07, 6.45) is 5.46. The molecule has 0 saturated carbocycles. The maximum absolute atomic E-state index is 12.3. The van der Waals surface area contributed by atoms with Crippen LogP contribution in [0.25, 0.3) is 0 Å². The Morgan fingerprint density at radius 3 is 2.70 bits per heavy atom. The molecule has 110 valence electrons. The fraction of sp³-hybridized carbons (Fsp3) is 0.588. The molecule has 1 unspecified atom stereocenters. The van der Waals surface area contributed by atoms with Crippen molar-refractivity contribution in [2.75, 3.05) is 19.7 Å². The lowest BCUT2D eigenvalue weighted by Crippen LogP contribution is -2.44. The maximum Gasteiger partial charge on any atom is 0.176 e. The van der Waals surface area contributed by atoms with Crippen LogP contribution in [0.1, 0.15) is 48.5 Å². The number of piperidine rings is 1. The molecule has 1 aliphatic rings. The van der Waals surface area contributed by atoms with Crippen molar-refractivity contribution in [3.8, 4) is 0 Å². The molecule has 0 radical (unpaired) electrons. The number of Topliss-reactive ketones (excluding diaryl/α,β-unsaturated/α-hetero) is 1. The van der Waals surface area contributed by atoms with Gasteiger partial charge in [0.05, 0.1) is 13.2 Å². The molecule has 1 saturated heterocycles. The number of hydrogen-bond donors (Lipinski definition) is 1. The van der Waals surface area contributed by atoms with Gasteiger partial charge in [0.25, 0.3) is 0 Å². The number of aliphatic hydroxyl groups excluding tert-OH is 1. The van der Waals surface area contributed by atoms with E-state index in [0.717, 1.165) is 44.2 Å². The summed E-state index contributed by atoms with van der Waals surface area (Å²) in [5.41, 5.74) is 2.07. The fourth-order valence-electron chi connectivity index (χ4n) is 2.90. The lowest BCUT2D eigenvalue weighted by Gasteiger charge is -2.33. The topological polar surface area (TPSA) is 40.5 Å². The van der Waals surface area contributed by atoms with E-state index >= 15 is 0 Å². The van der Waals surface area contributed by atoms with Gasteiger partial charge in [-0.2, -0.15) is 0 Å². The summed E-state index contributed by atoms with van der Waals surface area (Å²) in [5, 5.41) is 9.39. The number of rotatable bonds is 6. The Morgan fingerprint density at radius 1 is 1.30 bits per heavy atom. The summed E-state index contributed by atoms with van der Waals surface area (Å²) in [6.45, 7) is 3.66. The zero-order valence-corrected chi connectivity index (χ0v) is 12.3. The van der Waals surface area contributed by atoms with Gasteiger partial charge in [-0.3, -0.25) is 9.69 Å². The SMILES string of the molecule is CCCc1ccc(C(=O)CN2CCCCC2CO)cc1. The predicted octanol–water partition coefficient (Wildman–Crippen LogP) is 2.67. The number of carbonyl (C=O) groups excluding carboxylic acids is 1. The third-order valence-corrected chi connectivity index (χ3v) is 4.12. The van der Waals surface area contributed by atoms with E-state index in [4.69, 9.17) is 0 Å². The van der Waals surface area contributed by atoms with Crippen molar-refractivity contribution < 1.29 is 9.90 Å². The Hall–Kier alpha value is -1.19. The quantitative estimate of drug-likeness (QED) is 0.811. The van der Waals surface area contributed by atoms with E-state index in [1.165, 1.54) is 5.56 Å². The van der Waals surface area contributed by atoms with Crippen LogP contribution in [0.2, 0.25) is 0 Å². The van der Waals surface area contributed by atoms with Crippen molar-refractivity contribution in [2.45, 2.75) is 45.1 Å². The first-order chi connectivity index (χ1) is 9.74. The summed E-state index contributed by atoms with van der Waals surface area (Å²) in [4.78, 5) is 14.5. The van der Waals surface area contributed by atoms with Crippen molar-refractivity contribution in [2.24, 2.45) is 0 Å². The second-order valence-corrected chi connectivity index (χ2v) is 5.67. The van der Waals surface area contributed by atoms with Gasteiger partial charge < -0.3 is 5.11 Å². The van der Waals surface area contributed by atoms with Gasteiger partial charge in [0.1, 0.15) is 0 Å². The van der Waals surface area contributed by atoms with Crippen LogP contribution in [-0.2, 0) is 6.42 Å². The highest BCUT2D eigenvalue weighted by Gasteiger charge is 2.23. The van der Waals surface area contributed by atoms with E-state index in [0.29, 0.717) is 6.54 Å². The Kier molecular flexibility index (Phi) is 5.74. The number of likely N-dealkylation sites (tertiary alicyclic amines) is 1. The first-order valence-electron chi connectivity index (χ1n) is 7.71. The van der Waals surface area contributed by atoms with Crippen molar-refractivity contribution in [1.29, 1.82) is 0 Å². The molecule has 3 nitrogen and oxygen atoms in total. The van der Waals surface area contributed by atoms with E-state index in [-0.39, 0.29) is 18.4 Å². The molecule has 1 aromatic rings. The molecule has 1 atom stereocenters. The van der Waals surface area contributed by atoms with Crippen LogP contribution in [0, 0.1) is 0 Å². The summed E-state index contributed by atoms with van der Waals surface area (Å²) < 4.78 is 0. The molecular weight excluding hydrogens is 250 g/mol. The molecule has 0 spiro atoms. The molecule has 20 heavy (non-hydrogen) atoms. The highest BCUT2D eigenvalue weighted by Crippen LogP contribution is 2.17. The molecule has 1 heterocycles. The number of nitrogens with zero attached hydrogens (tertiary/aromatic N) is 1. The first-order valence-corrected chi connectivity index (χ1v) is 7.71. The van der Waals surface area contributed by atoms with Gasteiger partial charge in [-0.25, -0.2) is 0 Å². The minimum atomic E-state index is 0.155. The van der Waals surface area contributed by atoms with Gasteiger partial charge in [-0.15, -0.1) is 0 Å². The average Bonchev–Trinajstić information content (AvgIpc) is 2.49. The molecule has 0 bridgehead atoms. The smallest absolute Gasteiger partial charge is 0.176 e. The Labute approximate surface area is 121 Å². The van der Waals surface area contributed by atoms with Crippen molar-refractivity contribution >= 4 is 5.78 Å². The Balaban J connectivity index is 1.96. The van der Waals surface area contributed by atoms with Crippen LogP contribution in [0.15, 0.2) is 24.3 Å². The Morgan fingerprint density at radius 2 is 2.05 bits per heavy atom. The second-order valence-electron chi connectivity index (χ2n) is 5.67. The van der Waals surface area contributed by atoms with Gasteiger partial charge in [-0.05, 0) is 31.4 Å². The minimum absolute atomic E-state index is 0.155. The molecule has 1 aliphatic heterocycles. The number of ketones is 1. The van der Waals surface area contributed by atoms with Crippen LogP contribution in [0.4, 0.5) is 0 Å². The number of aryl methyl sites for hydroxylation is 1. The monoisotopic (exact) mass is 275 g/mol. The number of benzene rings is 1. The lowest BCUT2D eigenvalue weighted by molar-refractivity contribution is 0.0711. The maximum atomic E-state index is 12.3. The van der Waals surface area contributed by atoms with Crippen LogP contribution in [0.3, 0.4) is 0 Å². The van der Waals surface area contributed by atoms with E-state index in [1.807, 2.05) is 12.1 Å². The fourth-order valence-corrected chi connectivity index (χ4v) is 2.90. The number of carbonyl (C=O) groups is 1. The van der Waals surface area contributed by atoms with Crippen LogP contribution in [-0.4, -0.2) is 41.5 Å². The number of aliphatic hydroxyl groups is 1. The normalized spacial score (nSPS) is 20.0. The van der Waals surface area contributed by atoms with Crippen molar-refractivity contribution in [1.82, 2.24) is 4.90 Å². The second kappa shape index (κ2) is 7.55. The van der Waals surface area contributed by atoms with Gasteiger partial charge in [0.15, 0.2) is 5.78 Å². The Bertz CT molecular complexity index is 427. The molecule has 1 fully saturated rings. The predicted molar refractivity (Wildman–Crippen MR) is 81.1 cm³/mol. The average molecular weight is 275 g/mol. The van der Waals surface area contributed by atoms with E-state index in [9.17, 15) is 9.90 Å². The third kappa shape index (κ3) is 3.90. The van der Waals surface area contributed by atoms with Gasteiger partial charge in [0, 0.05) is 11.6 Å². The molecular formula is C17H25NO2. The molecule has 1 aromatic carbocycles. The van der Waals surface area contributed by atoms with Gasteiger partial charge in [-0.1, -0.05) is 44.0 Å². The van der Waals surface area contributed by atoms with E-state index < -0.39 is 0 Å². The summed E-state index contributed by atoms with van der Waals surface area (Å²) in [7, 11) is 0. The van der Waals surface area contributed by atoms with E-state index in [2.05, 4.69) is 24.0 Å². The third-order valence-electron chi connectivity index (χ3n) is 4.12.